The van der Waals surface area contributed by atoms with Crippen molar-refractivity contribution in [3.8, 4) is 0 Å². The Labute approximate surface area is 169 Å². The molecule has 29 heavy (non-hydrogen) atoms. The zero-order valence-electron chi connectivity index (χ0n) is 16.7. The number of nitrogens with zero attached hydrogens (tertiary/aromatic N) is 2. The highest BCUT2D eigenvalue weighted by molar-refractivity contribution is 5.97. The number of pyridine rings is 1. The number of rotatable bonds is 8. The fourth-order valence-electron chi connectivity index (χ4n) is 3.12. The lowest BCUT2D eigenvalue weighted by molar-refractivity contribution is -0.145. The lowest BCUT2D eigenvalue weighted by Crippen LogP contribution is -2.17. The van der Waals surface area contributed by atoms with Gasteiger partial charge in [0.1, 0.15) is 12.3 Å². The maximum atomic E-state index is 12.3. The first-order valence-electron chi connectivity index (χ1n) is 9.73. The molecule has 3 rings (SSSR count). The van der Waals surface area contributed by atoms with E-state index in [-0.39, 0.29) is 30.8 Å². The zero-order chi connectivity index (χ0) is 20.8. The fourth-order valence-corrected chi connectivity index (χ4v) is 3.12. The number of aromatic nitrogens is 2. The highest BCUT2D eigenvalue weighted by Gasteiger charge is 2.12. The Morgan fingerprint density at radius 1 is 1.10 bits per heavy atom. The van der Waals surface area contributed by atoms with Crippen molar-refractivity contribution in [1.29, 1.82) is 0 Å². The van der Waals surface area contributed by atoms with Gasteiger partial charge in [-0.2, -0.15) is 0 Å². The second-order valence-electron chi connectivity index (χ2n) is 7.00. The molecule has 2 aromatic heterocycles. The van der Waals surface area contributed by atoms with Crippen LogP contribution in [0.2, 0.25) is 0 Å². The second-order valence-corrected chi connectivity index (χ2v) is 7.00. The molecule has 0 aliphatic carbocycles. The van der Waals surface area contributed by atoms with E-state index in [2.05, 4.69) is 11.9 Å². The average molecular weight is 392 g/mol. The van der Waals surface area contributed by atoms with Crippen molar-refractivity contribution < 1.29 is 14.3 Å². The first-order chi connectivity index (χ1) is 14.0. The molecule has 150 valence electrons. The van der Waals surface area contributed by atoms with Gasteiger partial charge in [-0.15, -0.1) is 0 Å². The Morgan fingerprint density at radius 3 is 2.59 bits per heavy atom. The molecule has 0 amide bonds. The predicted octanol–water partition coefficient (Wildman–Crippen LogP) is 3.66. The number of Topliss-reactive ketones (excluding diaryl/α,β-unsaturated/α-hetero) is 1. The van der Waals surface area contributed by atoms with Crippen LogP contribution < -0.4 is 5.56 Å². The Bertz CT molecular complexity index is 1080. The number of ether oxygens (including phenoxy) is 1. The van der Waals surface area contributed by atoms with E-state index in [4.69, 9.17) is 4.74 Å². The Balaban J connectivity index is 1.55. The van der Waals surface area contributed by atoms with E-state index in [0.29, 0.717) is 16.9 Å². The van der Waals surface area contributed by atoms with Crippen LogP contribution in [0, 0.1) is 6.92 Å². The third kappa shape index (κ3) is 5.16. The van der Waals surface area contributed by atoms with Gasteiger partial charge in [0, 0.05) is 24.2 Å². The Kier molecular flexibility index (Phi) is 6.54. The van der Waals surface area contributed by atoms with Crippen molar-refractivity contribution in [1.82, 2.24) is 9.38 Å². The van der Waals surface area contributed by atoms with E-state index >= 15 is 0 Å². The summed E-state index contributed by atoms with van der Waals surface area (Å²) in [5.74, 6) is -0.588. The van der Waals surface area contributed by atoms with E-state index in [9.17, 15) is 14.4 Å². The monoisotopic (exact) mass is 392 g/mol. The number of esters is 1. The maximum Gasteiger partial charge on any atom is 0.306 e. The van der Waals surface area contributed by atoms with Crippen LogP contribution in [0.3, 0.4) is 0 Å². The summed E-state index contributed by atoms with van der Waals surface area (Å²) in [5.41, 5.74) is 3.33. The molecule has 0 saturated carbocycles. The summed E-state index contributed by atoms with van der Waals surface area (Å²) in [7, 11) is 0. The first kappa shape index (κ1) is 20.5. The van der Waals surface area contributed by atoms with Gasteiger partial charge in [0.2, 0.25) is 0 Å². The molecular formula is C23H24N2O4. The molecule has 3 aromatic rings. The van der Waals surface area contributed by atoms with Crippen molar-refractivity contribution >= 4 is 17.4 Å². The van der Waals surface area contributed by atoms with E-state index < -0.39 is 5.97 Å². The number of ketones is 1. The summed E-state index contributed by atoms with van der Waals surface area (Å²) in [4.78, 5) is 40.8. The van der Waals surface area contributed by atoms with Gasteiger partial charge in [0.15, 0.2) is 5.78 Å². The summed E-state index contributed by atoms with van der Waals surface area (Å²) < 4.78 is 6.66. The van der Waals surface area contributed by atoms with Gasteiger partial charge in [-0.3, -0.25) is 18.8 Å². The van der Waals surface area contributed by atoms with Crippen molar-refractivity contribution in [2.45, 2.75) is 46.1 Å². The van der Waals surface area contributed by atoms with Gasteiger partial charge in [-0.1, -0.05) is 43.7 Å². The minimum Gasteiger partial charge on any atom is -0.459 e. The lowest BCUT2D eigenvalue weighted by atomic mass is 10.0. The number of fused-ring (bicyclic) bond motifs is 1. The van der Waals surface area contributed by atoms with Crippen molar-refractivity contribution in [3.05, 3.63) is 81.4 Å². The number of benzene rings is 1. The number of hydrogen-bond donors (Lipinski definition) is 0. The van der Waals surface area contributed by atoms with Crippen LogP contribution >= 0.6 is 0 Å². The minimum atomic E-state index is -0.493. The molecule has 0 unspecified atom stereocenters. The van der Waals surface area contributed by atoms with Crippen LogP contribution in [-0.4, -0.2) is 21.1 Å². The van der Waals surface area contributed by atoms with Gasteiger partial charge in [-0.25, -0.2) is 4.98 Å². The van der Waals surface area contributed by atoms with Crippen molar-refractivity contribution in [2.24, 2.45) is 0 Å². The van der Waals surface area contributed by atoms with E-state index in [1.165, 1.54) is 16.0 Å². The Hall–Kier alpha value is -3.28. The van der Waals surface area contributed by atoms with E-state index in [0.717, 1.165) is 18.4 Å². The lowest BCUT2D eigenvalue weighted by Gasteiger charge is -2.07. The number of carbonyl (C=O) groups is 2. The SMILES string of the molecule is CCCc1ccc(C(=O)CCC(=O)OCc2cc(=O)n3cccc(C)c3n2)cc1. The largest absolute Gasteiger partial charge is 0.459 e. The molecule has 0 fully saturated rings. The molecule has 0 radical (unpaired) electrons. The molecule has 0 spiro atoms. The fraction of sp³-hybridized carbons (Fsp3) is 0.304. The Morgan fingerprint density at radius 2 is 1.86 bits per heavy atom. The third-order valence-electron chi connectivity index (χ3n) is 4.69. The second kappa shape index (κ2) is 9.28. The van der Waals surface area contributed by atoms with E-state index in [1.54, 1.807) is 24.4 Å². The number of aryl methyl sites for hydroxylation is 2. The number of carbonyl (C=O) groups excluding carboxylic acids is 2. The maximum absolute atomic E-state index is 12.3. The minimum absolute atomic E-state index is 0.0128. The van der Waals surface area contributed by atoms with Gasteiger partial charge in [0.25, 0.3) is 5.56 Å². The van der Waals surface area contributed by atoms with Crippen LogP contribution in [0.1, 0.15) is 53.4 Å². The zero-order valence-corrected chi connectivity index (χ0v) is 16.7. The standard InChI is InChI=1S/C23H24N2O4/c1-3-5-17-7-9-18(10-8-17)20(26)11-12-22(28)29-15-19-14-21(27)25-13-4-6-16(2)23(25)24-19/h4,6-10,13-14H,3,5,11-12,15H2,1-2H3. The molecule has 6 heteroatoms. The van der Waals surface area contributed by atoms with Crippen LogP contribution in [0.5, 0.6) is 0 Å². The molecular weight excluding hydrogens is 368 g/mol. The van der Waals surface area contributed by atoms with Gasteiger partial charge in [-0.05, 0) is 30.5 Å². The van der Waals surface area contributed by atoms with Crippen LogP contribution in [-0.2, 0) is 22.6 Å². The third-order valence-corrected chi connectivity index (χ3v) is 4.69. The highest BCUT2D eigenvalue weighted by Crippen LogP contribution is 2.11. The molecule has 0 bridgehead atoms. The summed E-state index contributed by atoms with van der Waals surface area (Å²) in [5, 5.41) is 0. The van der Waals surface area contributed by atoms with E-state index in [1.807, 2.05) is 25.1 Å². The molecule has 6 nitrogen and oxygen atoms in total. The molecule has 0 aliphatic rings. The van der Waals surface area contributed by atoms with Crippen LogP contribution in [0.15, 0.2) is 53.5 Å². The molecule has 0 atom stereocenters. The normalized spacial score (nSPS) is 10.8. The highest BCUT2D eigenvalue weighted by atomic mass is 16.5. The summed E-state index contributed by atoms with van der Waals surface area (Å²) >= 11 is 0. The van der Waals surface area contributed by atoms with Crippen LogP contribution in [0.4, 0.5) is 0 Å². The average Bonchev–Trinajstić information content (AvgIpc) is 2.72. The molecule has 0 saturated heterocycles. The van der Waals surface area contributed by atoms with Gasteiger partial charge < -0.3 is 4.74 Å². The molecule has 0 N–H and O–H groups in total. The topological polar surface area (TPSA) is 77.7 Å². The quantitative estimate of drug-likeness (QED) is 0.432. The molecule has 0 aliphatic heterocycles. The van der Waals surface area contributed by atoms with Crippen molar-refractivity contribution in [2.75, 3.05) is 0 Å². The number of hydrogen-bond acceptors (Lipinski definition) is 5. The van der Waals surface area contributed by atoms with Crippen LogP contribution in [0.25, 0.3) is 5.65 Å². The molecule has 2 heterocycles. The molecule has 1 aromatic carbocycles. The predicted molar refractivity (Wildman–Crippen MR) is 110 cm³/mol. The summed E-state index contributed by atoms with van der Waals surface area (Å²) in [6, 6.07) is 12.5. The first-order valence-corrected chi connectivity index (χ1v) is 9.73. The van der Waals surface area contributed by atoms with Gasteiger partial charge in [0.05, 0.1) is 12.1 Å². The summed E-state index contributed by atoms with van der Waals surface area (Å²) in [6.45, 7) is 3.87. The van der Waals surface area contributed by atoms with Gasteiger partial charge >= 0.3 is 5.97 Å². The smallest absolute Gasteiger partial charge is 0.306 e. The summed E-state index contributed by atoms with van der Waals surface area (Å²) in [6.07, 6.45) is 3.75. The van der Waals surface area contributed by atoms with Crippen molar-refractivity contribution in [3.63, 3.8) is 0 Å².